The highest BCUT2D eigenvalue weighted by Gasteiger charge is 2.26. The van der Waals surface area contributed by atoms with Crippen LogP contribution >= 0.6 is 22.9 Å². The van der Waals surface area contributed by atoms with Crippen LogP contribution < -0.4 is 4.90 Å². The summed E-state index contributed by atoms with van der Waals surface area (Å²) >= 11 is 6.93. The first-order valence-electron chi connectivity index (χ1n) is 5.37. The number of anilines is 1. The highest BCUT2D eigenvalue weighted by molar-refractivity contribution is 7.18. The molecule has 1 aliphatic rings. The summed E-state index contributed by atoms with van der Waals surface area (Å²) in [7, 11) is 0. The number of aromatic carboxylic acids is 1. The van der Waals surface area contributed by atoms with E-state index in [9.17, 15) is 4.79 Å². The number of hydrogen-bond acceptors (Lipinski definition) is 5. The van der Waals surface area contributed by atoms with Gasteiger partial charge in [-0.15, -0.1) is 0 Å². The van der Waals surface area contributed by atoms with Crippen molar-refractivity contribution in [1.82, 2.24) is 4.98 Å². The highest BCUT2D eigenvalue weighted by atomic mass is 35.5. The van der Waals surface area contributed by atoms with E-state index in [1.54, 1.807) is 0 Å². The van der Waals surface area contributed by atoms with Crippen LogP contribution in [0.15, 0.2) is 0 Å². The number of hydrogen-bond donors (Lipinski definition) is 1. The molecule has 0 spiro atoms. The van der Waals surface area contributed by atoms with Gasteiger partial charge in [-0.05, 0) is 6.42 Å². The fourth-order valence-corrected chi connectivity index (χ4v) is 3.01. The van der Waals surface area contributed by atoms with Crippen LogP contribution in [0.3, 0.4) is 0 Å². The summed E-state index contributed by atoms with van der Waals surface area (Å²) in [5.74, 6) is -1.03. The Kier molecular flexibility index (Phi) is 3.86. The van der Waals surface area contributed by atoms with Crippen LogP contribution in [0.5, 0.6) is 0 Å². The molecule has 1 atom stereocenters. The van der Waals surface area contributed by atoms with Crippen molar-refractivity contribution >= 4 is 34.0 Å². The smallest absolute Gasteiger partial charge is 0.349 e. The summed E-state index contributed by atoms with van der Waals surface area (Å²) in [5.41, 5.74) is 0. The zero-order valence-electron chi connectivity index (χ0n) is 9.35. The number of halogens is 1. The number of carbonyl (C=O) groups is 1. The number of rotatable bonds is 3. The summed E-state index contributed by atoms with van der Waals surface area (Å²) in [4.78, 5) is 17.2. The second-order valence-electron chi connectivity index (χ2n) is 3.75. The summed E-state index contributed by atoms with van der Waals surface area (Å²) in [6.45, 7) is 4.08. The Hall–Kier alpha value is -0.850. The maximum Gasteiger partial charge on any atom is 0.349 e. The van der Waals surface area contributed by atoms with Gasteiger partial charge in [-0.3, -0.25) is 0 Å². The van der Waals surface area contributed by atoms with Crippen molar-refractivity contribution in [2.45, 2.75) is 19.4 Å². The molecule has 1 fully saturated rings. The third kappa shape index (κ3) is 2.53. The zero-order valence-corrected chi connectivity index (χ0v) is 10.9. The molecule has 0 amide bonds. The Balaban J connectivity index is 2.26. The lowest BCUT2D eigenvalue weighted by Gasteiger charge is -2.34. The van der Waals surface area contributed by atoms with Crippen LogP contribution in [0.25, 0.3) is 0 Å². The van der Waals surface area contributed by atoms with E-state index in [-0.39, 0.29) is 16.1 Å². The van der Waals surface area contributed by atoms with Gasteiger partial charge >= 0.3 is 5.97 Å². The molecule has 1 saturated heterocycles. The van der Waals surface area contributed by atoms with E-state index in [1.165, 1.54) is 0 Å². The van der Waals surface area contributed by atoms with Gasteiger partial charge in [0, 0.05) is 6.54 Å². The zero-order chi connectivity index (χ0) is 12.4. The Bertz CT molecular complexity index is 424. The number of morpholine rings is 1. The van der Waals surface area contributed by atoms with Crippen molar-refractivity contribution in [3.63, 3.8) is 0 Å². The molecule has 0 radical (unpaired) electrons. The Morgan fingerprint density at radius 1 is 1.76 bits per heavy atom. The lowest BCUT2D eigenvalue weighted by Crippen LogP contribution is -2.45. The lowest BCUT2D eigenvalue weighted by atomic mass is 10.2. The van der Waals surface area contributed by atoms with Crippen molar-refractivity contribution in [3.8, 4) is 0 Å². The first-order valence-corrected chi connectivity index (χ1v) is 6.57. The van der Waals surface area contributed by atoms with Gasteiger partial charge in [0.15, 0.2) is 15.2 Å². The number of nitrogens with zero attached hydrogens (tertiary/aromatic N) is 2. The van der Waals surface area contributed by atoms with E-state index in [4.69, 9.17) is 21.4 Å². The molecule has 7 heteroatoms. The average Bonchev–Trinajstić information content (AvgIpc) is 2.71. The largest absolute Gasteiger partial charge is 0.477 e. The SMILES string of the molecule is CCC1COCCN1c1nc(Cl)c(C(=O)O)s1. The monoisotopic (exact) mass is 276 g/mol. The molecule has 2 rings (SSSR count). The molecular weight excluding hydrogens is 264 g/mol. The molecule has 1 aliphatic heterocycles. The molecule has 0 saturated carbocycles. The minimum absolute atomic E-state index is 0.0684. The second kappa shape index (κ2) is 5.20. The standard InChI is InChI=1S/C10H13ClN2O3S/c1-2-6-5-16-4-3-13(6)10-12-8(11)7(17-10)9(14)15/h6H,2-5H2,1H3,(H,14,15). The van der Waals surface area contributed by atoms with Crippen molar-refractivity contribution in [2.75, 3.05) is 24.7 Å². The Morgan fingerprint density at radius 2 is 2.53 bits per heavy atom. The van der Waals surface area contributed by atoms with Gasteiger partial charge < -0.3 is 14.7 Å². The topological polar surface area (TPSA) is 62.7 Å². The number of carboxylic acid groups (broad SMARTS) is 1. The van der Waals surface area contributed by atoms with Crippen LogP contribution in [0.1, 0.15) is 23.0 Å². The van der Waals surface area contributed by atoms with Crippen molar-refractivity contribution < 1.29 is 14.6 Å². The molecule has 1 N–H and O–H groups in total. The van der Waals surface area contributed by atoms with Crippen molar-refractivity contribution in [1.29, 1.82) is 0 Å². The predicted octanol–water partition coefficient (Wildman–Crippen LogP) is 2.11. The van der Waals surface area contributed by atoms with Gasteiger partial charge in [0.25, 0.3) is 0 Å². The maximum absolute atomic E-state index is 10.9. The number of aromatic nitrogens is 1. The molecule has 5 nitrogen and oxygen atoms in total. The second-order valence-corrected chi connectivity index (χ2v) is 5.09. The lowest BCUT2D eigenvalue weighted by molar-refractivity contribution is 0.0702. The summed E-state index contributed by atoms with van der Waals surface area (Å²) < 4.78 is 5.40. The fourth-order valence-electron chi connectivity index (χ4n) is 1.79. The molecular formula is C10H13ClN2O3S. The van der Waals surface area contributed by atoms with E-state index < -0.39 is 5.97 Å². The molecule has 2 heterocycles. The molecule has 1 aromatic heterocycles. The van der Waals surface area contributed by atoms with Crippen LogP contribution in [-0.2, 0) is 4.74 Å². The third-order valence-electron chi connectivity index (χ3n) is 2.71. The van der Waals surface area contributed by atoms with E-state index in [0.717, 1.165) is 24.3 Å². The molecule has 0 aromatic carbocycles. The fraction of sp³-hybridized carbons (Fsp3) is 0.600. The van der Waals surface area contributed by atoms with Crippen LogP contribution in [0, 0.1) is 0 Å². The van der Waals surface area contributed by atoms with Crippen LogP contribution in [0.2, 0.25) is 5.15 Å². The third-order valence-corrected chi connectivity index (χ3v) is 4.18. The van der Waals surface area contributed by atoms with Gasteiger partial charge in [0.05, 0.1) is 19.3 Å². The number of ether oxygens (including phenoxy) is 1. The highest BCUT2D eigenvalue weighted by Crippen LogP contribution is 2.32. The minimum Gasteiger partial charge on any atom is -0.477 e. The van der Waals surface area contributed by atoms with Gasteiger partial charge in [-0.25, -0.2) is 9.78 Å². The minimum atomic E-state index is -1.03. The molecule has 1 aromatic rings. The van der Waals surface area contributed by atoms with E-state index >= 15 is 0 Å². The van der Waals surface area contributed by atoms with Crippen molar-refractivity contribution in [2.24, 2.45) is 0 Å². The van der Waals surface area contributed by atoms with Gasteiger partial charge in [0.1, 0.15) is 0 Å². The summed E-state index contributed by atoms with van der Waals surface area (Å²) in [5, 5.41) is 9.68. The first-order chi connectivity index (χ1) is 8.13. The maximum atomic E-state index is 10.9. The summed E-state index contributed by atoms with van der Waals surface area (Å²) in [6.07, 6.45) is 0.930. The molecule has 1 unspecified atom stereocenters. The van der Waals surface area contributed by atoms with E-state index in [1.807, 2.05) is 0 Å². The van der Waals surface area contributed by atoms with Gasteiger partial charge in [-0.2, -0.15) is 0 Å². The Morgan fingerprint density at radius 3 is 3.12 bits per heavy atom. The Labute approximate surface area is 108 Å². The van der Waals surface area contributed by atoms with Gasteiger partial charge in [-0.1, -0.05) is 29.9 Å². The van der Waals surface area contributed by atoms with E-state index in [2.05, 4.69) is 16.8 Å². The normalized spacial score (nSPS) is 20.6. The number of thiazole rings is 1. The molecule has 0 bridgehead atoms. The number of carboxylic acids is 1. The van der Waals surface area contributed by atoms with Gasteiger partial charge in [0.2, 0.25) is 0 Å². The van der Waals surface area contributed by atoms with Crippen LogP contribution in [-0.4, -0.2) is 41.9 Å². The quantitative estimate of drug-likeness (QED) is 0.916. The summed E-state index contributed by atoms with van der Waals surface area (Å²) in [6, 6.07) is 0.243. The molecule has 17 heavy (non-hydrogen) atoms. The molecule has 0 aliphatic carbocycles. The van der Waals surface area contributed by atoms with Crippen molar-refractivity contribution in [3.05, 3.63) is 10.0 Å². The van der Waals surface area contributed by atoms with E-state index in [0.29, 0.717) is 18.3 Å². The predicted molar refractivity (Wildman–Crippen MR) is 66.3 cm³/mol. The first kappa shape index (κ1) is 12.6. The van der Waals surface area contributed by atoms with Crippen LogP contribution in [0.4, 0.5) is 5.13 Å². The molecule has 94 valence electrons. The average molecular weight is 277 g/mol.